The molecule has 1 amide bonds. The fraction of sp³-hybridized carbons (Fsp3) is 0. The van der Waals surface area contributed by atoms with Crippen LogP contribution in [-0.4, -0.2) is 19.3 Å². The fourth-order valence-electron chi connectivity index (χ4n) is 2.82. The van der Waals surface area contributed by atoms with Gasteiger partial charge in [0.1, 0.15) is 0 Å². The number of carbonyl (C=O) groups is 1. The van der Waals surface area contributed by atoms with Gasteiger partial charge in [-0.15, -0.1) is 0 Å². The first kappa shape index (κ1) is 14.7. The van der Waals surface area contributed by atoms with E-state index in [1.807, 2.05) is 30.5 Å². The van der Waals surface area contributed by atoms with Gasteiger partial charge in [-0.3, -0.25) is 4.79 Å². The van der Waals surface area contributed by atoms with Crippen LogP contribution in [0.1, 0.15) is 11.1 Å². The van der Waals surface area contributed by atoms with E-state index in [0.29, 0.717) is 16.8 Å². The molecular weight excluding hydrogens is 326 g/mol. The summed E-state index contributed by atoms with van der Waals surface area (Å²) >= 11 is 0. The molecule has 3 aromatic rings. The SMILES string of the molecule is NS(=O)(=O)c1ccc2c(c1)C(=Cc1ccc3[nH]ccc3c1)C(=O)N2. The normalized spacial score (nSPS) is 15.7. The molecule has 0 saturated heterocycles. The lowest BCUT2D eigenvalue weighted by Gasteiger charge is -2.03. The number of hydrogen-bond donors (Lipinski definition) is 3. The third kappa shape index (κ3) is 2.40. The summed E-state index contributed by atoms with van der Waals surface area (Å²) in [6, 6.07) is 12.1. The number of nitrogens with two attached hydrogens (primary N) is 1. The van der Waals surface area contributed by atoms with Crippen LogP contribution in [0.15, 0.2) is 53.6 Å². The number of hydrogen-bond acceptors (Lipinski definition) is 3. The molecule has 0 bridgehead atoms. The van der Waals surface area contributed by atoms with Crippen molar-refractivity contribution in [3.8, 4) is 0 Å². The lowest BCUT2D eigenvalue weighted by molar-refractivity contribution is -0.110. The van der Waals surface area contributed by atoms with Gasteiger partial charge < -0.3 is 10.3 Å². The molecule has 2 aromatic carbocycles. The van der Waals surface area contributed by atoms with Crippen molar-refractivity contribution in [3.05, 3.63) is 59.8 Å². The van der Waals surface area contributed by atoms with Crippen molar-refractivity contribution in [2.24, 2.45) is 5.14 Å². The number of sulfonamides is 1. The minimum Gasteiger partial charge on any atom is -0.361 e. The average molecular weight is 339 g/mol. The van der Waals surface area contributed by atoms with Crippen molar-refractivity contribution in [3.63, 3.8) is 0 Å². The van der Waals surface area contributed by atoms with E-state index in [-0.39, 0.29) is 10.8 Å². The Kier molecular flexibility index (Phi) is 3.09. The van der Waals surface area contributed by atoms with Gasteiger partial charge in [0.2, 0.25) is 10.0 Å². The molecule has 2 heterocycles. The average Bonchev–Trinajstić information content (AvgIpc) is 3.10. The number of amides is 1. The fourth-order valence-corrected chi connectivity index (χ4v) is 3.36. The van der Waals surface area contributed by atoms with Crippen LogP contribution < -0.4 is 10.5 Å². The third-order valence-corrected chi connectivity index (χ3v) is 4.90. The molecule has 1 aliphatic rings. The number of nitrogens with one attached hydrogen (secondary N) is 2. The summed E-state index contributed by atoms with van der Waals surface area (Å²) in [6.45, 7) is 0. The molecule has 4 N–H and O–H groups in total. The maximum absolute atomic E-state index is 12.2. The van der Waals surface area contributed by atoms with Gasteiger partial charge in [0.25, 0.3) is 5.91 Å². The quantitative estimate of drug-likeness (QED) is 0.624. The van der Waals surface area contributed by atoms with E-state index in [4.69, 9.17) is 5.14 Å². The zero-order valence-corrected chi connectivity index (χ0v) is 13.2. The minimum atomic E-state index is -3.83. The van der Waals surface area contributed by atoms with Crippen molar-refractivity contribution in [2.45, 2.75) is 4.90 Å². The summed E-state index contributed by atoms with van der Waals surface area (Å²) in [5, 5.41) is 8.94. The Morgan fingerprint density at radius 1 is 1.04 bits per heavy atom. The number of fused-ring (bicyclic) bond motifs is 2. The van der Waals surface area contributed by atoms with E-state index in [2.05, 4.69) is 10.3 Å². The summed E-state index contributed by atoms with van der Waals surface area (Å²) in [5.74, 6) is -0.272. The van der Waals surface area contributed by atoms with Gasteiger partial charge in [-0.2, -0.15) is 0 Å². The van der Waals surface area contributed by atoms with Crippen LogP contribution in [0.4, 0.5) is 5.69 Å². The topological polar surface area (TPSA) is 105 Å². The predicted octanol–water partition coefficient (Wildman–Crippen LogP) is 2.31. The summed E-state index contributed by atoms with van der Waals surface area (Å²) < 4.78 is 23.1. The molecule has 0 atom stereocenters. The lowest BCUT2D eigenvalue weighted by atomic mass is 10.0. The molecule has 6 nitrogen and oxygen atoms in total. The van der Waals surface area contributed by atoms with E-state index in [1.165, 1.54) is 12.1 Å². The monoisotopic (exact) mass is 339 g/mol. The molecule has 1 aromatic heterocycles. The first-order valence-corrected chi connectivity index (χ1v) is 8.74. The Morgan fingerprint density at radius 2 is 1.88 bits per heavy atom. The van der Waals surface area contributed by atoms with Gasteiger partial charge in [0, 0.05) is 28.5 Å². The molecule has 0 radical (unpaired) electrons. The van der Waals surface area contributed by atoms with Crippen LogP contribution in [0, 0.1) is 0 Å². The van der Waals surface area contributed by atoms with Crippen molar-refractivity contribution in [2.75, 3.05) is 5.32 Å². The smallest absolute Gasteiger partial charge is 0.256 e. The Hall–Kier alpha value is -2.90. The van der Waals surface area contributed by atoms with Crippen molar-refractivity contribution < 1.29 is 13.2 Å². The molecule has 1 aliphatic heterocycles. The zero-order chi connectivity index (χ0) is 16.9. The standard InChI is InChI=1S/C17H13N3O3S/c18-24(22,23)12-2-4-16-13(9-12)14(17(21)20-16)8-10-1-3-15-11(7-10)5-6-19-15/h1-9,19H,(H,20,21)(H2,18,22,23). The van der Waals surface area contributed by atoms with Crippen molar-refractivity contribution in [1.29, 1.82) is 0 Å². The minimum absolute atomic E-state index is 0.0234. The highest BCUT2D eigenvalue weighted by Crippen LogP contribution is 2.34. The predicted molar refractivity (Wildman–Crippen MR) is 92.6 cm³/mol. The zero-order valence-electron chi connectivity index (χ0n) is 12.4. The van der Waals surface area contributed by atoms with Crippen LogP contribution in [0.25, 0.3) is 22.6 Å². The van der Waals surface area contributed by atoms with Gasteiger partial charge in [0.15, 0.2) is 0 Å². The Morgan fingerprint density at radius 3 is 2.67 bits per heavy atom. The molecule has 4 rings (SSSR count). The molecule has 7 heteroatoms. The van der Waals surface area contributed by atoms with Crippen LogP contribution in [0.3, 0.4) is 0 Å². The second-order valence-electron chi connectivity index (χ2n) is 5.59. The van der Waals surface area contributed by atoms with E-state index >= 15 is 0 Å². The molecular formula is C17H13N3O3S. The second kappa shape index (κ2) is 5.05. The number of carbonyl (C=O) groups excluding carboxylic acids is 1. The first-order chi connectivity index (χ1) is 11.4. The molecule has 0 spiro atoms. The van der Waals surface area contributed by atoms with Crippen LogP contribution in [-0.2, 0) is 14.8 Å². The highest BCUT2D eigenvalue weighted by Gasteiger charge is 2.25. The number of anilines is 1. The summed E-state index contributed by atoms with van der Waals surface area (Å²) in [5.41, 5.74) is 3.36. The number of benzene rings is 2. The molecule has 0 saturated carbocycles. The molecule has 0 unspecified atom stereocenters. The largest absolute Gasteiger partial charge is 0.361 e. The number of H-pyrrole nitrogens is 1. The summed E-state index contributed by atoms with van der Waals surface area (Å²) in [7, 11) is -3.83. The number of rotatable bonds is 2. The summed E-state index contributed by atoms with van der Waals surface area (Å²) in [6.07, 6.45) is 3.58. The Balaban J connectivity index is 1.85. The van der Waals surface area contributed by atoms with E-state index < -0.39 is 10.0 Å². The van der Waals surface area contributed by atoms with E-state index in [9.17, 15) is 13.2 Å². The third-order valence-electron chi connectivity index (χ3n) is 3.99. The van der Waals surface area contributed by atoms with Gasteiger partial charge >= 0.3 is 0 Å². The first-order valence-electron chi connectivity index (χ1n) is 7.19. The van der Waals surface area contributed by atoms with Crippen molar-refractivity contribution in [1.82, 2.24) is 4.98 Å². The van der Waals surface area contributed by atoms with Gasteiger partial charge in [-0.05, 0) is 53.4 Å². The molecule has 0 fully saturated rings. The second-order valence-corrected chi connectivity index (χ2v) is 7.15. The maximum atomic E-state index is 12.2. The van der Waals surface area contributed by atoms with E-state index in [1.54, 1.807) is 12.1 Å². The Labute approximate surface area is 138 Å². The van der Waals surface area contributed by atoms with Gasteiger partial charge in [-0.25, -0.2) is 13.6 Å². The maximum Gasteiger partial charge on any atom is 0.256 e. The summed E-state index contributed by atoms with van der Waals surface area (Å²) in [4.78, 5) is 15.3. The van der Waals surface area contributed by atoms with Gasteiger partial charge in [0.05, 0.1) is 4.90 Å². The van der Waals surface area contributed by atoms with E-state index in [0.717, 1.165) is 16.5 Å². The highest BCUT2D eigenvalue weighted by atomic mass is 32.2. The van der Waals surface area contributed by atoms with Crippen LogP contribution in [0.2, 0.25) is 0 Å². The molecule has 0 aliphatic carbocycles. The Bertz CT molecular complexity index is 1130. The van der Waals surface area contributed by atoms with Crippen molar-refractivity contribution >= 4 is 44.2 Å². The molecule has 24 heavy (non-hydrogen) atoms. The van der Waals surface area contributed by atoms with Crippen LogP contribution in [0.5, 0.6) is 0 Å². The van der Waals surface area contributed by atoms with Gasteiger partial charge in [-0.1, -0.05) is 6.07 Å². The molecule has 120 valence electrons. The highest BCUT2D eigenvalue weighted by molar-refractivity contribution is 7.89. The number of aromatic amines is 1. The van der Waals surface area contributed by atoms with Crippen LogP contribution >= 0.6 is 0 Å². The number of aromatic nitrogens is 1. The number of primary sulfonamides is 1. The lowest BCUT2D eigenvalue weighted by Crippen LogP contribution is -2.12.